The molecular formula is C19H20N6O2. The summed E-state index contributed by atoms with van der Waals surface area (Å²) >= 11 is 0. The van der Waals surface area contributed by atoms with Gasteiger partial charge in [0.15, 0.2) is 5.69 Å². The van der Waals surface area contributed by atoms with Crippen LogP contribution in [-0.2, 0) is 19.6 Å². The van der Waals surface area contributed by atoms with Crippen molar-refractivity contribution in [2.24, 2.45) is 0 Å². The fourth-order valence-corrected chi connectivity index (χ4v) is 3.09. The van der Waals surface area contributed by atoms with Crippen LogP contribution in [0.2, 0.25) is 0 Å². The average molecular weight is 364 g/mol. The molecule has 27 heavy (non-hydrogen) atoms. The van der Waals surface area contributed by atoms with E-state index in [4.69, 9.17) is 0 Å². The lowest BCUT2D eigenvalue weighted by Gasteiger charge is -2.22. The minimum Gasteiger partial charge on any atom is -0.343 e. The zero-order chi connectivity index (χ0) is 18.8. The third-order valence-corrected chi connectivity index (χ3v) is 4.63. The fraction of sp³-hybridized carbons (Fsp3) is 0.263. The lowest BCUT2D eigenvalue weighted by molar-refractivity contribution is 0.0742. The Balaban J connectivity index is 1.43. The monoisotopic (exact) mass is 364 g/mol. The number of aromatic nitrogens is 4. The lowest BCUT2D eigenvalue weighted by Crippen LogP contribution is -2.37. The SMILES string of the molecule is CN1CCn2nc(C(=O)NCc3nccn3Cc3ccccc3)cc2C1=O. The van der Waals surface area contributed by atoms with Gasteiger partial charge in [0, 0.05) is 38.6 Å². The third kappa shape index (κ3) is 3.46. The quantitative estimate of drug-likeness (QED) is 0.736. The van der Waals surface area contributed by atoms with Crippen molar-refractivity contribution < 1.29 is 9.59 Å². The largest absolute Gasteiger partial charge is 0.343 e. The Kier molecular flexibility index (Phi) is 4.45. The van der Waals surface area contributed by atoms with Crippen molar-refractivity contribution in [3.8, 4) is 0 Å². The highest BCUT2D eigenvalue weighted by atomic mass is 16.2. The molecule has 0 radical (unpaired) electrons. The Bertz CT molecular complexity index is 975. The molecule has 8 nitrogen and oxygen atoms in total. The van der Waals surface area contributed by atoms with E-state index in [1.807, 2.05) is 41.1 Å². The van der Waals surface area contributed by atoms with Crippen molar-refractivity contribution in [2.75, 3.05) is 13.6 Å². The first kappa shape index (κ1) is 17.0. The molecule has 0 saturated heterocycles. The molecule has 1 aromatic carbocycles. The van der Waals surface area contributed by atoms with Crippen LogP contribution in [0.5, 0.6) is 0 Å². The standard InChI is InChI=1S/C19H20N6O2/c1-23-9-10-25-16(19(23)27)11-15(22-25)18(26)21-12-17-20-7-8-24(17)13-14-5-3-2-4-6-14/h2-8,11H,9-10,12-13H2,1H3,(H,21,26). The molecule has 2 amide bonds. The number of imidazole rings is 1. The molecule has 138 valence electrons. The van der Waals surface area contributed by atoms with Gasteiger partial charge in [-0.2, -0.15) is 5.10 Å². The van der Waals surface area contributed by atoms with Gasteiger partial charge in [0.05, 0.1) is 13.1 Å². The van der Waals surface area contributed by atoms with Crippen LogP contribution in [0.4, 0.5) is 0 Å². The average Bonchev–Trinajstić information content (AvgIpc) is 3.31. The van der Waals surface area contributed by atoms with Crippen LogP contribution < -0.4 is 5.32 Å². The van der Waals surface area contributed by atoms with Crippen molar-refractivity contribution in [3.05, 3.63) is 71.6 Å². The van der Waals surface area contributed by atoms with Gasteiger partial charge in [-0.25, -0.2) is 4.98 Å². The van der Waals surface area contributed by atoms with E-state index in [0.29, 0.717) is 25.3 Å². The molecule has 0 bridgehead atoms. The normalized spacial score (nSPS) is 13.5. The number of rotatable bonds is 5. The van der Waals surface area contributed by atoms with E-state index in [0.717, 1.165) is 11.4 Å². The summed E-state index contributed by atoms with van der Waals surface area (Å²) in [7, 11) is 1.74. The molecule has 2 aromatic heterocycles. The number of hydrogen-bond donors (Lipinski definition) is 1. The predicted molar refractivity (Wildman–Crippen MR) is 98.1 cm³/mol. The van der Waals surface area contributed by atoms with Gasteiger partial charge in [0.1, 0.15) is 11.5 Å². The molecule has 0 unspecified atom stereocenters. The number of hydrogen-bond acceptors (Lipinski definition) is 4. The second kappa shape index (κ2) is 7.06. The van der Waals surface area contributed by atoms with Gasteiger partial charge in [-0.05, 0) is 5.56 Å². The number of likely N-dealkylation sites (N-methyl/N-ethyl adjacent to an activating group) is 1. The van der Waals surface area contributed by atoms with Crippen molar-refractivity contribution >= 4 is 11.8 Å². The van der Waals surface area contributed by atoms with Crippen LogP contribution in [0, 0.1) is 0 Å². The Hall–Kier alpha value is -3.42. The number of benzene rings is 1. The minimum absolute atomic E-state index is 0.119. The number of fused-ring (bicyclic) bond motifs is 1. The molecule has 0 aliphatic carbocycles. The summed E-state index contributed by atoms with van der Waals surface area (Å²) in [5, 5.41) is 7.10. The van der Waals surface area contributed by atoms with E-state index in [1.54, 1.807) is 28.9 Å². The molecule has 3 aromatic rings. The molecule has 0 saturated carbocycles. The molecule has 1 N–H and O–H groups in total. The Morgan fingerprint density at radius 1 is 1.22 bits per heavy atom. The summed E-state index contributed by atoms with van der Waals surface area (Å²) in [5.74, 6) is 0.319. The van der Waals surface area contributed by atoms with Gasteiger partial charge >= 0.3 is 0 Å². The zero-order valence-electron chi connectivity index (χ0n) is 15.0. The number of carbonyl (C=O) groups excluding carboxylic acids is 2. The molecule has 0 fully saturated rings. The Labute approximate surface area is 156 Å². The molecule has 8 heteroatoms. The summed E-state index contributed by atoms with van der Waals surface area (Å²) in [5.41, 5.74) is 1.85. The summed E-state index contributed by atoms with van der Waals surface area (Å²) in [6.07, 6.45) is 3.60. The first-order chi connectivity index (χ1) is 13.1. The van der Waals surface area contributed by atoms with Gasteiger partial charge in [-0.3, -0.25) is 14.3 Å². The van der Waals surface area contributed by atoms with Gasteiger partial charge in [-0.1, -0.05) is 30.3 Å². The van der Waals surface area contributed by atoms with Crippen LogP contribution >= 0.6 is 0 Å². The highest BCUT2D eigenvalue weighted by Crippen LogP contribution is 2.13. The van der Waals surface area contributed by atoms with Gasteiger partial charge < -0.3 is 14.8 Å². The summed E-state index contributed by atoms with van der Waals surface area (Å²) in [6.45, 7) is 2.15. The molecular weight excluding hydrogens is 344 g/mol. The predicted octanol–water partition coefficient (Wildman–Crippen LogP) is 1.14. The van der Waals surface area contributed by atoms with Gasteiger partial charge in [0.25, 0.3) is 11.8 Å². The maximum atomic E-state index is 12.5. The van der Waals surface area contributed by atoms with Crippen LogP contribution in [0.1, 0.15) is 32.4 Å². The van der Waals surface area contributed by atoms with Crippen LogP contribution in [-0.4, -0.2) is 49.6 Å². The summed E-state index contributed by atoms with van der Waals surface area (Å²) in [6, 6.07) is 11.6. The molecule has 4 rings (SSSR count). The first-order valence-corrected chi connectivity index (χ1v) is 8.77. The zero-order valence-corrected chi connectivity index (χ0v) is 15.0. The first-order valence-electron chi connectivity index (χ1n) is 8.77. The fourth-order valence-electron chi connectivity index (χ4n) is 3.09. The van der Waals surface area contributed by atoms with Crippen LogP contribution in [0.15, 0.2) is 48.8 Å². The van der Waals surface area contributed by atoms with E-state index in [1.165, 1.54) is 0 Å². The molecule has 0 atom stereocenters. The molecule has 1 aliphatic rings. The van der Waals surface area contributed by atoms with Crippen molar-refractivity contribution in [1.82, 2.24) is 29.5 Å². The Morgan fingerprint density at radius 3 is 2.85 bits per heavy atom. The van der Waals surface area contributed by atoms with E-state index < -0.39 is 0 Å². The van der Waals surface area contributed by atoms with E-state index in [2.05, 4.69) is 15.4 Å². The second-order valence-electron chi connectivity index (χ2n) is 6.50. The minimum atomic E-state index is -0.318. The van der Waals surface area contributed by atoms with E-state index in [-0.39, 0.29) is 24.1 Å². The Morgan fingerprint density at radius 2 is 2.04 bits per heavy atom. The molecule has 1 aliphatic heterocycles. The maximum absolute atomic E-state index is 12.5. The lowest BCUT2D eigenvalue weighted by atomic mass is 10.2. The highest BCUT2D eigenvalue weighted by molar-refractivity contribution is 5.98. The summed E-state index contributed by atoms with van der Waals surface area (Å²) < 4.78 is 3.58. The van der Waals surface area contributed by atoms with Crippen molar-refractivity contribution in [2.45, 2.75) is 19.6 Å². The maximum Gasteiger partial charge on any atom is 0.272 e. The second-order valence-corrected chi connectivity index (χ2v) is 6.50. The van der Waals surface area contributed by atoms with Crippen LogP contribution in [0.25, 0.3) is 0 Å². The number of nitrogens with zero attached hydrogens (tertiary/aromatic N) is 5. The number of carbonyl (C=O) groups is 2. The number of nitrogens with one attached hydrogen (secondary N) is 1. The van der Waals surface area contributed by atoms with E-state index >= 15 is 0 Å². The van der Waals surface area contributed by atoms with Crippen molar-refractivity contribution in [3.63, 3.8) is 0 Å². The molecule has 3 heterocycles. The molecule has 0 spiro atoms. The highest BCUT2D eigenvalue weighted by Gasteiger charge is 2.25. The number of amides is 2. The van der Waals surface area contributed by atoms with Crippen LogP contribution in [0.3, 0.4) is 0 Å². The van der Waals surface area contributed by atoms with Crippen molar-refractivity contribution in [1.29, 1.82) is 0 Å². The third-order valence-electron chi connectivity index (χ3n) is 4.63. The van der Waals surface area contributed by atoms with Gasteiger partial charge in [-0.15, -0.1) is 0 Å². The topological polar surface area (TPSA) is 85.1 Å². The van der Waals surface area contributed by atoms with E-state index in [9.17, 15) is 9.59 Å². The summed E-state index contributed by atoms with van der Waals surface area (Å²) in [4.78, 5) is 30.6. The van der Waals surface area contributed by atoms with Gasteiger partial charge in [0.2, 0.25) is 0 Å². The smallest absolute Gasteiger partial charge is 0.272 e.